The Hall–Kier alpha value is -3.02. The first-order valence-corrected chi connectivity index (χ1v) is 6.77. The lowest BCUT2D eigenvalue weighted by atomic mass is 10.1. The maximum absolute atomic E-state index is 13.9. The van der Waals surface area contributed by atoms with Gasteiger partial charge < -0.3 is 20.3 Å². The Kier molecular flexibility index (Phi) is 4.85. The molecule has 120 valence electrons. The molecular formula is C17H17FN2O3. The number of phenolic OH excluding ortho intramolecular Hbond substituents is 1. The number of rotatable bonds is 5. The van der Waals surface area contributed by atoms with Gasteiger partial charge in [-0.05, 0) is 37.9 Å². The van der Waals surface area contributed by atoms with Crippen LogP contribution in [0.2, 0.25) is 0 Å². The number of halogens is 1. The van der Waals surface area contributed by atoms with E-state index in [2.05, 4.69) is 11.7 Å². The normalized spacial score (nSPS) is 11.2. The fraction of sp³-hybridized carbons (Fsp3) is 0.118. The van der Waals surface area contributed by atoms with Crippen molar-refractivity contribution in [3.63, 3.8) is 0 Å². The van der Waals surface area contributed by atoms with E-state index >= 15 is 0 Å². The molecule has 0 unspecified atom stereocenters. The Morgan fingerprint density at radius 1 is 1.30 bits per heavy atom. The third-order valence-corrected chi connectivity index (χ3v) is 3.17. The first-order valence-electron chi connectivity index (χ1n) is 6.77. The van der Waals surface area contributed by atoms with Crippen LogP contribution in [0.4, 0.5) is 15.8 Å². The summed E-state index contributed by atoms with van der Waals surface area (Å²) >= 11 is 0. The first-order chi connectivity index (χ1) is 11.0. The van der Waals surface area contributed by atoms with Crippen LogP contribution in [0.15, 0.2) is 41.4 Å². The zero-order chi connectivity index (χ0) is 17.0. The number of hydrogen-bond acceptors (Lipinski definition) is 5. The van der Waals surface area contributed by atoms with E-state index in [0.717, 1.165) is 0 Å². The molecule has 23 heavy (non-hydrogen) atoms. The van der Waals surface area contributed by atoms with Gasteiger partial charge in [-0.3, -0.25) is 4.99 Å². The summed E-state index contributed by atoms with van der Waals surface area (Å²) in [5.41, 5.74) is 6.72. The second-order valence-corrected chi connectivity index (χ2v) is 4.64. The lowest BCUT2D eigenvalue weighted by molar-refractivity contribution is 0.373. The van der Waals surface area contributed by atoms with Crippen LogP contribution >= 0.6 is 0 Å². The van der Waals surface area contributed by atoms with Gasteiger partial charge in [0, 0.05) is 23.4 Å². The Labute approximate surface area is 133 Å². The zero-order valence-corrected chi connectivity index (χ0v) is 12.8. The molecule has 6 heteroatoms. The molecule has 0 atom stereocenters. The van der Waals surface area contributed by atoms with E-state index in [4.69, 9.17) is 15.2 Å². The molecule has 0 aliphatic carbocycles. The molecule has 0 aliphatic rings. The molecule has 0 heterocycles. The van der Waals surface area contributed by atoms with Crippen LogP contribution in [0.5, 0.6) is 17.2 Å². The highest BCUT2D eigenvalue weighted by Gasteiger charge is 2.15. The van der Waals surface area contributed by atoms with Crippen LogP contribution in [0.3, 0.4) is 0 Å². The van der Waals surface area contributed by atoms with Crippen LogP contribution in [-0.4, -0.2) is 18.9 Å². The van der Waals surface area contributed by atoms with Gasteiger partial charge in [0.2, 0.25) is 0 Å². The SMILES string of the molecule is C=Nc1cc(O)c(OC)cc1/C(=C\C)Oc1ccc(N)cc1F. The van der Waals surface area contributed by atoms with E-state index < -0.39 is 5.82 Å². The monoisotopic (exact) mass is 316 g/mol. The lowest BCUT2D eigenvalue weighted by Gasteiger charge is -2.15. The van der Waals surface area contributed by atoms with Crippen molar-refractivity contribution < 1.29 is 19.0 Å². The van der Waals surface area contributed by atoms with Crippen LogP contribution in [0, 0.1) is 5.82 Å². The van der Waals surface area contributed by atoms with Gasteiger partial charge in [0.1, 0.15) is 5.76 Å². The quantitative estimate of drug-likeness (QED) is 0.498. The average Bonchev–Trinajstić information content (AvgIpc) is 2.54. The molecule has 0 radical (unpaired) electrons. The summed E-state index contributed by atoms with van der Waals surface area (Å²) in [7, 11) is 1.43. The molecule has 3 N–H and O–H groups in total. The number of nitrogens with two attached hydrogens (primary N) is 1. The summed E-state index contributed by atoms with van der Waals surface area (Å²) in [4.78, 5) is 3.85. The number of nitrogens with zero attached hydrogens (tertiary/aromatic N) is 1. The molecule has 0 aliphatic heterocycles. The van der Waals surface area contributed by atoms with Gasteiger partial charge in [-0.15, -0.1) is 0 Å². The van der Waals surface area contributed by atoms with Crippen LogP contribution < -0.4 is 15.2 Å². The lowest BCUT2D eigenvalue weighted by Crippen LogP contribution is -1.99. The minimum Gasteiger partial charge on any atom is -0.504 e. The summed E-state index contributed by atoms with van der Waals surface area (Å²) in [6.45, 7) is 5.20. The number of benzene rings is 2. The van der Waals surface area contributed by atoms with Crippen molar-refractivity contribution in [3.05, 3.63) is 47.8 Å². The van der Waals surface area contributed by atoms with Crippen LogP contribution in [0.1, 0.15) is 12.5 Å². The molecule has 5 nitrogen and oxygen atoms in total. The Morgan fingerprint density at radius 2 is 2.04 bits per heavy atom. The zero-order valence-electron chi connectivity index (χ0n) is 12.8. The second-order valence-electron chi connectivity index (χ2n) is 4.64. The molecule has 0 spiro atoms. The van der Waals surface area contributed by atoms with Gasteiger partial charge in [0.25, 0.3) is 0 Å². The van der Waals surface area contributed by atoms with Crippen molar-refractivity contribution in [2.45, 2.75) is 6.92 Å². The van der Waals surface area contributed by atoms with Crippen LogP contribution in [0.25, 0.3) is 5.76 Å². The summed E-state index contributed by atoms with van der Waals surface area (Å²) in [6.07, 6.45) is 1.65. The Morgan fingerprint density at radius 3 is 2.61 bits per heavy atom. The number of nitrogen functional groups attached to an aromatic ring is 1. The smallest absolute Gasteiger partial charge is 0.167 e. The predicted molar refractivity (Wildman–Crippen MR) is 89.0 cm³/mol. The van der Waals surface area contributed by atoms with Gasteiger partial charge in [-0.25, -0.2) is 4.39 Å². The second kappa shape index (κ2) is 6.83. The van der Waals surface area contributed by atoms with E-state index in [-0.39, 0.29) is 17.2 Å². The van der Waals surface area contributed by atoms with E-state index in [1.807, 2.05) is 0 Å². The Bertz CT molecular complexity index is 773. The van der Waals surface area contributed by atoms with E-state index in [1.54, 1.807) is 19.1 Å². The van der Waals surface area contributed by atoms with Gasteiger partial charge in [0.05, 0.1) is 12.8 Å². The fourth-order valence-electron chi connectivity index (χ4n) is 2.04. The van der Waals surface area contributed by atoms with Crippen LogP contribution in [-0.2, 0) is 0 Å². The minimum absolute atomic E-state index is 0.0226. The molecular weight excluding hydrogens is 299 g/mol. The number of aliphatic imine (C=N–C) groups is 1. The van der Waals surface area contributed by atoms with Gasteiger partial charge in [-0.2, -0.15) is 0 Å². The van der Waals surface area contributed by atoms with Crippen molar-refractivity contribution in [3.8, 4) is 17.2 Å². The molecule has 2 aromatic carbocycles. The third kappa shape index (κ3) is 3.42. The number of hydrogen-bond donors (Lipinski definition) is 2. The van der Waals surface area contributed by atoms with Crippen molar-refractivity contribution in [1.29, 1.82) is 0 Å². The van der Waals surface area contributed by atoms with Crippen molar-refractivity contribution in [1.82, 2.24) is 0 Å². The van der Waals surface area contributed by atoms with E-state index in [0.29, 0.717) is 22.7 Å². The maximum Gasteiger partial charge on any atom is 0.167 e. The number of aromatic hydroxyl groups is 1. The molecule has 0 saturated carbocycles. The topological polar surface area (TPSA) is 77.1 Å². The van der Waals surface area contributed by atoms with Gasteiger partial charge >= 0.3 is 0 Å². The number of methoxy groups -OCH3 is 1. The molecule has 0 fully saturated rings. The number of allylic oxidation sites excluding steroid dienone is 1. The predicted octanol–water partition coefficient (Wildman–Crippen LogP) is 3.89. The highest BCUT2D eigenvalue weighted by molar-refractivity contribution is 5.76. The van der Waals surface area contributed by atoms with Gasteiger partial charge in [0.15, 0.2) is 23.1 Å². The highest BCUT2D eigenvalue weighted by Crippen LogP contribution is 2.38. The summed E-state index contributed by atoms with van der Waals surface area (Å²) in [5.74, 6) is -0.0483. The van der Waals surface area contributed by atoms with E-state index in [1.165, 1.54) is 31.4 Å². The summed E-state index contributed by atoms with van der Waals surface area (Å²) in [6, 6.07) is 7.09. The third-order valence-electron chi connectivity index (χ3n) is 3.17. The van der Waals surface area contributed by atoms with E-state index in [9.17, 15) is 9.50 Å². The fourth-order valence-corrected chi connectivity index (χ4v) is 2.04. The summed E-state index contributed by atoms with van der Waals surface area (Å²) in [5, 5.41) is 9.82. The standard InChI is InChI=1S/C17H17FN2O3/c1-4-15(23-16-6-5-10(19)7-12(16)18)11-8-17(22-3)14(21)9-13(11)20-2/h4-9,21H,2,19H2,1,3H3/b15-4+. The number of phenols is 1. The molecule has 2 aromatic rings. The highest BCUT2D eigenvalue weighted by atomic mass is 19.1. The summed E-state index contributed by atoms with van der Waals surface area (Å²) < 4.78 is 24.6. The molecule has 0 bridgehead atoms. The Balaban J connectivity index is 2.47. The van der Waals surface area contributed by atoms with Crippen molar-refractivity contribution >= 4 is 23.9 Å². The largest absolute Gasteiger partial charge is 0.504 e. The van der Waals surface area contributed by atoms with Crippen molar-refractivity contribution in [2.75, 3.05) is 12.8 Å². The average molecular weight is 316 g/mol. The number of ether oxygens (including phenoxy) is 2. The molecule has 0 amide bonds. The first kappa shape index (κ1) is 16.4. The minimum atomic E-state index is -0.580. The van der Waals surface area contributed by atoms with Crippen molar-refractivity contribution in [2.24, 2.45) is 4.99 Å². The molecule has 0 saturated heterocycles. The number of anilines is 1. The maximum atomic E-state index is 13.9. The molecule has 2 rings (SSSR count). The van der Waals surface area contributed by atoms with Gasteiger partial charge in [-0.1, -0.05) is 0 Å². The molecule has 0 aromatic heterocycles.